The van der Waals surface area contributed by atoms with Crippen molar-refractivity contribution in [2.45, 2.75) is 37.1 Å². The van der Waals surface area contributed by atoms with Crippen LogP contribution in [0, 0.1) is 0 Å². The van der Waals surface area contributed by atoms with Crippen LogP contribution >= 0.6 is 0 Å². The van der Waals surface area contributed by atoms with E-state index in [1.54, 1.807) is 12.1 Å². The summed E-state index contributed by atoms with van der Waals surface area (Å²) in [5.74, 6) is -0.756. The predicted octanol–water partition coefficient (Wildman–Crippen LogP) is -1.51. The molecule has 0 bridgehead atoms. The number of aliphatic hydroxyl groups is 4. The Balaban J connectivity index is 2.10. The fraction of sp³-hybridized carbons (Fsp3) is 0.500. The van der Waals surface area contributed by atoms with Gasteiger partial charge in [0.15, 0.2) is 0 Å². The molecule has 8 heteroatoms. The van der Waals surface area contributed by atoms with Gasteiger partial charge in [0.05, 0.1) is 13.0 Å². The van der Waals surface area contributed by atoms with Gasteiger partial charge in [-0.15, -0.1) is 0 Å². The number of carboxylic acids is 1. The Morgan fingerprint density at radius 1 is 1.18 bits per heavy atom. The molecule has 0 amide bonds. The van der Waals surface area contributed by atoms with E-state index >= 15 is 0 Å². The SMILES string of the molecule is O=C(O)Cc1cccc(O[C@H]2O[C@H](CO)[C@@H](O)[C@@H](O)[C@H]2O)c1. The van der Waals surface area contributed by atoms with Crippen LogP contribution in [0.5, 0.6) is 5.75 Å². The van der Waals surface area contributed by atoms with E-state index in [4.69, 9.17) is 19.7 Å². The minimum Gasteiger partial charge on any atom is -0.481 e. The van der Waals surface area contributed by atoms with Crippen molar-refractivity contribution in [3.8, 4) is 5.75 Å². The van der Waals surface area contributed by atoms with Crippen molar-refractivity contribution in [3.63, 3.8) is 0 Å². The normalized spacial score (nSPS) is 31.7. The van der Waals surface area contributed by atoms with E-state index < -0.39 is 43.3 Å². The fourth-order valence-corrected chi connectivity index (χ4v) is 2.20. The van der Waals surface area contributed by atoms with Gasteiger partial charge in [-0.2, -0.15) is 0 Å². The molecule has 122 valence electrons. The molecular weight excluding hydrogens is 296 g/mol. The van der Waals surface area contributed by atoms with Gasteiger partial charge in [0, 0.05) is 0 Å². The Bertz CT molecular complexity index is 517. The van der Waals surface area contributed by atoms with Crippen LogP contribution in [0.25, 0.3) is 0 Å². The minimum atomic E-state index is -1.53. The number of hydrogen-bond acceptors (Lipinski definition) is 7. The molecule has 0 saturated carbocycles. The lowest BCUT2D eigenvalue weighted by Gasteiger charge is -2.39. The van der Waals surface area contributed by atoms with E-state index in [1.165, 1.54) is 12.1 Å². The molecule has 0 aliphatic carbocycles. The van der Waals surface area contributed by atoms with Crippen LogP contribution in [0.2, 0.25) is 0 Å². The standard InChI is InChI=1S/C14H18O8/c15-6-9-11(18)12(19)13(20)14(22-9)21-8-3-1-2-7(4-8)5-10(16)17/h1-4,9,11-15,18-20H,5-6H2,(H,16,17)/t9-,11-,12-,13-,14+/m1/s1. The molecule has 22 heavy (non-hydrogen) atoms. The van der Waals surface area contributed by atoms with Crippen molar-refractivity contribution in [2.24, 2.45) is 0 Å². The maximum absolute atomic E-state index is 10.7. The molecule has 1 fully saturated rings. The highest BCUT2D eigenvalue weighted by molar-refractivity contribution is 5.70. The number of aliphatic carboxylic acids is 1. The summed E-state index contributed by atoms with van der Waals surface area (Å²) in [5.41, 5.74) is 0.495. The number of ether oxygens (including phenoxy) is 2. The highest BCUT2D eigenvalue weighted by Gasteiger charge is 2.44. The Morgan fingerprint density at radius 3 is 2.55 bits per heavy atom. The van der Waals surface area contributed by atoms with Gasteiger partial charge in [-0.3, -0.25) is 4.79 Å². The molecule has 2 rings (SSSR count). The predicted molar refractivity (Wildman–Crippen MR) is 72.2 cm³/mol. The van der Waals surface area contributed by atoms with E-state index in [2.05, 4.69) is 0 Å². The van der Waals surface area contributed by atoms with Crippen molar-refractivity contribution in [3.05, 3.63) is 29.8 Å². The van der Waals surface area contributed by atoms with Crippen LogP contribution in [0.1, 0.15) is 5.56 Å². The summed E-state index contributed by atoms with van der Waals surface area (Å²) in [7, 11) is 0. The van der Waals surface area contributed by atoms with Crippen LogP contribution < -0.4 is 4.74 Å². The maximum atomic E-state index is 10.7. The van der Waals surface area contributed by atoms with Crippen molar-refractivity contribution >= 4 is 5.97 Å². The summed E-state index contributed by atoms with van der Waals surface area (Å²) in [6, 6.07) is 6.19. The first kappa shape index (κ1) is 16.7. The number of carboxylic acid groups (broad SMARTS) is 1. The summed E-state index contributed by atoms with van der Waals surface area (Å²) in [6.45, 7) is -0.552. The second-order valence-corrected chi connectivity index (χ2v) is 5.03. The molecule has 1 aliphatic rings. The molecule has 1 aromatic rings. The van der Waals surface area contributed by atoms with E-state index in [1.807, 2.05) is 0 Å². The smallest absolute Gasteiger partial charge is 0.307 e. The highest BCUT2D eigenvalue weighted by atomic mass is 16.7. The average molecular weight is 314 g/mol. The van der Waals surface area contributed by atoms with Gasteiger partial charge in [0.25, 0.3) is 0 Å². The van der Waals surface area contributed by atoms with E-state index in [9.17, 15) is 20.1 Å². The first-order valence-electron chi connectivity index (χ1n) is 6.70. The molecular formula is C14H18O8. The first-order valence-corrected chi connectivity index (χ1v) is 6.70. The lowest BCUT2D eigenvalue weighted by atomic mass is 9.99. The lowest BCUT2D eigenvalue weighted by Crippen LogP contribution is -2.60. The Hall–Kier alpha value is -1.71. The lowest BCUT2D eigenvalue weighted by molar-refractivity contribution is -0.277. The topological polar surface area (TPSA) is 137 Å². The molecule has 5 atom stereocenters. The zero-order chi connectivity index (χ0) is 16.3. The molecule has 0 unspecified atom stereocenters. The van der Waals surface area contributed by atoms with Gasteiger partial charge in [-0.1, -0.05) is 12.1 Å². The number of aliphatic hydroxyl groups excluding tert-OH is 4. The number of hydrogen-bond donors (Lipinski definition) is 5. The summed E-state index contributed by atoms with van der Waals surface area (Å²) >= 11 is 0. The van der Waals surface area contributed by atoms with Crippen molar-refractivity contribution in [1.82, 2.24) is 0 Å². The quantitative estimate of drug-likeness (QED) is 0.442. The first-order chi connectivity index (χ1) is 10.4. The third-order valence-corrected chi connectivity index (χ3v) is 3.35. The average Bonchev–Trinajstić information content (AvgIpc) is 2.47. The molecule has 5 N–H and O–H groups in total. The summed E-state index contributed by atoms with van der Waals surface area (Å²) in [4.78, 5) is 10.7. The Morgan fingerprint density at radius 2 is 1.91 bits per heavy atom. The van der Waals surface area contributed by atoms with Gasteiger partial charge in [-0.25, -0.2) is 0 Å². The Labute approximate surface area is 126 Å². The monoisotopic (exact) mass is 314 g/mol. The van der Waals surface area contributed by atoms with Crippen LogP contribution in [-0.2, 0) is 16.0 Å². The van der Waals surface area contributed by atoms with Crippen LogP contribution in [0.3, 0.4) is 0 Å². The zero-order valence-electron chi connectivity index (χ0n) is 11.6. The fourth-order valence-electron chi connectivity index (χ4n) is 2.20. The summed E-state index contributed by atoms with van der Waals surface area (Å²) in [5, 5.41) is 47.1. The van der Waals surface area contributed by atoms with Gasteiger partial charge in [-0.05, 0) is 17.7 Å². The van der Waals surface area contributed by atoms with Crippen molar-refractivity contribution in [1.29, 1.82) is 0 Å². The summed E-state index contributed by atoms with van der Waals surface area (Å²) < 4.78 is 10.6. The van der Waals surface area contributed by atoms with Crippen LogP contribution in [0.15, 0.2) is 24.3 Å². The summed E-state index contributed by atoms with van der Waals surface area (Å²) in [6.07, 6.45) is -7.05. The number of benzene rings is 1. The molecule has 8 nitrogen and oxygen atoms in total. The highest BCUT2D eigenvalue weighted by Crippen LogP contribution is 2.24. The maximum Gasteiger partial charge on any atom is 0.307 e. The molecule has 1 aromatic carbocycles. The zero-order valence-corrected chi connectivity index (χ0v) is 11.6. The second kappa shape index (κ2) is 7.03. The molecule has 1 saturated heterocycles. The van der Waals surface area contributed by atoms with Crippen molar-refractivity contribution in [2.75, 3.05) is 6.61 Å². The number of rotatable bonds is 5. The molecule has 0 aromatic heterocycles. The molecule has 1 heterocycles. The number of carbonyl (C=O) groups is 1. The van der Waals surface area contributed by atoms with Gasteiger partial charge in [0.2, 0.25) is 6.29 Å². The third kappa shape index (κ3) is 3.73. The van der Waals surface area contributed by atoms with Gasteiger partial charge in [0.1, 0.15) is 30.2 Å². The van der Waals surface area contributed by atoms with Crippen molar-refractivity contribution < 1.29 is 39.8 Å². The van der Waals surface area contributed by atoms with E-state index in [-0.39, 0.29) is 12.2 Å². The molecule has 0 radical (unpaired) electrons. The van der Waals surface area contributed by atoms with Gasteiger partial charge >= 0.3 is 5.97 Å². The minimum absolute atomic E-state index is 0.189. The third-order valence-electron chi connectivity index (χ3n) is 3.35. The van der Waals surface area contributed by atoms with Crippen LogP contribution in [-0.4, -0.2) is 68.8 Å². The molecule has 1 aliphatic heterocycles. The molecule has 0 spiro atoms. The van der Waals surface area contributed by atoms with E-state index in [0.717, 1.165) is 0 Å². The largest absolute Gasteiger partial charge is 0.481 e. The van der Waals surface area contributed by atoms with Crippen LogP contribution in [0.4, 0.5) is 0 Å². The second-order valence-electron chi connectivity index (χ2n) is 5.03. The Kier molecular flexibility index (Phi) is 5.33. The van der Waals surface area contributed by atoms with Gasteiger partial charge < -0.3 is 35.0 Å². The van der Waals surface area contributed by atoms with E-state index in [0.29, 0.717) is 5.56 Å².